The van der Waals surface area contributed by atoms with E-state index >= 15 is 0 Å². The summed E-state index contributed by atoms with van der Waals surface area (Å²) in [6.07, 6.45) is 0.945. The van der Waals surface area contributed by atoms with E-state index in [2.05, 4.69) is 37.9 Å². The lowest BCUT2D eigenvalue weighted by Crippen LogP contribution is -2.25. The highest BCUT2D eigenvalue weighted by Crippen LogP contribution is 2.30. The molecule has 1 N–H and O–H groups in total. The van der Waals surface area contributed by atoms with Crippen molar-refractivity contribution in [3.05, 3.63) is 33.9 Å². The van der Waals surface area contributed by atoms with Crippen LogP contribution in [0.5, 0.6) is 0 Å². The smallest absolute Gasteiger partial charge is 0.325 e. The van der Waals surface area contributed by atoms with Gasteiger partial charge < -0.3 is 14.6 Å². The first-order valence-corrected chi connectivity index (χ1v) is 7.66. The predicted molar refractivity (Wildman–Crippen MR) is 81.7 cm³/mol. The number of hydrogen-bond donors (Lipinski definition) is 1. The number of esters is 1. The summed E-state index contributed by atoms with van der Waals surface area (Å²) in [4.78, 5) is 11.8. The number of hydrogen-bond acceptors (Lipinski definition) is 3. The zero-order valence-corrected chi connectivity index (χ0v) is 13.0. The Morgan fingerprint density at radius 3 is 3.15 bits per heavy atom. The summed E-state index contributed by atoms with van der Waals surface area (Å²) < 4.78 is 8.26. The Labute approximate surface area is 126 Å². The Bertz CT molecular complexity index is 663. The Morgan fingerprint density at radius 1 is 1.50 bits per heavy atom. The highest BCUT2D eigenvalue weighted by Gasteiger charge is 2.21. The zero-order chi connectivity index (χ0) is 14.1. The van der Waals surface area contributed by atoms with Crippen molar-refractivity contribution < 1.29 is 9.53 Å². The molecular weight excluding hydrogens is 320 g/mol. The van der Waals surface area contributed by atoms with Gasteiger partial charge in [-0.25, -0.2) is 0 Å². The van der Waals surface area contributed by atoms with Crippen molar-refractivity contribution in [1.82, 2.24) is 9.88 Å². The molecule has 0 fully saturated rings. The largest absolute Gasteiger partial charge is 0.465 e. The Balaban J connectivity index is 2.12. The predicted octanol–water partition coefficient (Wildman–Crippen LogP) is 2.61. The molecule has 0 aliphatic carbocycles. The maximum atomic E-state index is 11.8. The van der Waals surface area contributed by atoms with Crippen molar-refractivity contribution in [1.29, 1.82) is 0 Å². The number of fused-ring (bicyclic) bond motifs is 3. The maximum absolute atomic E-state index is 11.8. The number of nitrogens with zero attached hydrogens (tertiary/aromatic N) is 1. The van der Waals surface area contributed by atoms with Gasteiger partial charge in [0, 0.05) is 40.6 Å². The lowest BCUT2D eigenvalue weighted by atomic mass is 10.1. The van der Waals surface area contributed by atoms with Crippen LogP contribution in [0.2, 0.25) is 0 Å². The molecule has 0 saturated heterocycles. The van der Waals surface area contributed by atoms with E-state index in [1.807, 2.05) is 13.0 Å². The number of halogens is 1. The van der Waals surface area contributed by atoms with Gasteiger partial charge in [-0.2, -0.15) is 0 Å². The van der Waals surface area contributed by atoms with Crippen LogP contribution in [0.25, 0.3) is 10.9 Å². The minimum absolute atomic E-state index is 0.173. The van der Waals surface area contributed by atoms with E-state index in [0.717, 1.165) is 29.5 Å². The molecule has 0 unspecified atom stereocenters. The number of aromatic nitrogens is 1. The fourth-order valence-electron chi connectivity index (χ4n) is 2.87. The lowest BCUT2D eigenvalue weighted by Gasteiger charge is -2.16. The highest BCUT2D eigenvalue weighted by atomic mass is 79.9. The van der Waals surface area contributed by atoms with Gasteiger partial charge in [-0.3, -0.25) is 4.79 Å². The summed E-state index contributed by atoms with van der Waals surface area (Å²) in [5, 5.41) is 4.61. The van der Waals surface area contributed by atoms with E-state index in [1.54, 1.807) is 0 Å². The molecule has 4 nitrogen and oxygen atoms in total. The van der Waals surface area contributed by atoms with Gasteiger partial charge in [-0.1, -0.05) is 15.9 Å². The maximum Gasteiger partial charge on any atom is 0.325 e. The average Bonchev–Trinajstić information content (AvgIpc) is 2.74. The number of benzene rings is 1. The van der Waals surface area contributed by atoms with Crippen molar-refractivity contribution in [3.8, 4) is 0 Å². The van der Waals surface area contributed by atoms with Gasteiger partial charge in [0.25, 0.3) is 0 Å². The van der Waals surface area contributed by atoms with Crippen LogP contribution in [0, 0.1) is 0 Å². The summed E-state index contributed by atoms with van der Waals surface area (Å²) >= 11 is 3.52. The second-order valence-corrected chi connectivity index (χ2v) is 5.82. The van der Waals surface area contributed by atoms with Crippen molar-refractivity contribution in [2.24, 2.45) is 0 Å². The van der Waals surface area contributed by atoms with Crippen LogP contribution in [0.3, 0.4) is 0 Å². The molecule has 20 heavy (non-hydrogen) atoms. The Kier molecular flexibility index (Phi) is 3.81. The van der Waals surface area contributed by atoms with Crippen LogP contribution in [0.1, 0.15) is 18.2 Å². The molecule has 1 aromatic carbocycles. The van der Waals surface area contributed by atoms with E-state index < -0.39 is 0 Å². The number of nitrogens with one attached hydrogen (secondary N) is 1. The summed E-state index contributed by atoms with van der Waals surface area (Å²) in [6, 6.07) is 6.21. The quantitative estimate of drug-likeness (QED) is 0.876. The van der Waals surface area contributed by atoms with Gasteiger partial charge >= 0.3 is 5.97 Å². The summed E-state index contributed by atoms with van der Waals surface area (Å²) in [5.74, 6) is -0.173. The molecule has 0 amide bonds. The normalized spacial score (nSPS) is 14.3. The van der Waals surface area contributed by atoms with Crippen LogP contribution in [-0.2, 0) is 29.0 Å². The topological polar surface area (TPSA) is 43.3 Å². The second-order valence-electron chi connectivity index (χ2n) is 4.90. The van der Waals surface area contributed by atoms with Crippen molar-refractivity contribution in [2.75, 3.05) is 13.2 Å². The molecule has 0 radical (unpaired) electrons. The van der Waals surface area contributed by atoms with Gasteiger partial charge in [0.15, 0.2) is 0 Å². The number of carbonyl (C=O) groups excluding carboxylic acids is 1. The molecule has 5 heteroatoms. The fourth-order valence-corrected chi connectivity index (χ4v) is 3.23. The summed E-state index contributed by atoms with van der Waals surface area (Å²) in [6.45, 7) is 4.36. The molecule has 1 aromatic heterocycles. The van der Waals surface area contributed by atoms with Gasteiger partial charge in [0.2, 0.25) is 0 Å². The summed E-state index contributed by atoms with van der Waals surface area (Å²) in [5.41, 5.74) is 3.66. The van der Waals surface area contributed by atoms with Gasteiger partial charge in [-0.05, 0) is 30.7 Å². The Morgan fingerprint density at radius 2 is 2.35 bits per heavy atom. The van der Waals surface area contributed by atoms with E-state index in [9.17, 15) is 4.79 Å². The van der Waals surface area contributed by atoms with Crippen LogP contribution >= 0.6 is 15.9 Å². The third-order valence-corrected chi connectivity index (χ3v) is 4.17. The second kappa shape index (κ2) is 5.58. The molecule has 106 valence electrons. The van der Waals surface area contributed by atoms with E-state index in [0.29, 0.717) is 13.2 Å². The number of carbonyl (C=O) groups is 1. The molecule has 0 bridgehead atoms. The summed E-state index contributed by atoms with van der Waals surface area (Å²) in [7, 11) is 0. The molecule has 0 saturated carbocycles. The van der Waals surface area contributed by atoms with Gasteiger partial charge in [0.05, 0.1) is 6.61 Å². The number of rotatable bonds is 3. The molecule has 3 rings (SSSR count). The molecule has 0 atom stereocenters. The Hall–Kier alpha value is -1.33. The zero-order valence-electron chi connectivity index (χ0n) is 11.4. The molecule has 1 aliphatic heterocycles. The van der Waals surface area contributed by atoms with E-state index in [1.165, 1.54) is 16.6 Å². The van der Waals surface area contributed by atoms with Crippen LogP contribution in [-0.4, -0.2) is 23.7 Å². The molecule has 2 heterocycles. The third-order valence-electron chi connectivity index (χ3n) is 3.68. The first-order valence-electron chi connectivity index (χ1n) is 6.86. The van der Waals surface area contributed by atoms with Crippen LogP contribution in [0.15, 0.2) is 22.7 Å². The van der Waals surface area contributed by atoms with E-state index in [-0.39, 0.29) is 5.97 Å². The molecular formula is C15H17BrN2O2. The van der Waals surface area contributed by atoms with Crippen LogP contribution in [0.4, 0.5) is 0 Å². The minimum Gasteiger partial charge on any atom is -0.465 e. The highest BCUT2D eigenvalue weighted by molar-refractivity contribution is 9.10. The standard InChI is InChI=1S/C15H17BrN2O2/c1-2-20-15(19)9-18-13-4-3-10(16)7-11(13)12-8-17-6-5-14(12)18/h3-4,7,17H,2,5-6,8-9H2,1H3. The lowest BCUT2D eigenvalue weighted by molar-refractivity contribution is -0.143. The monoisotopic (exact) mass is 336 g/mol. The molecule has 2 aromatic rings. The molecule has 1 aliphatic rings. The first kappa shape index (κ1) is 13.6. The van der Waals surface area contributed by atoms with Gasteiger partial charge in [0.1, 0.15) is 6.54 Å². The number of ether oxygens (including phenoxy) is 1. The van der Waals surface area contributed by atoms with Crippen molar-refractivity contribution in [3.63, 3.8) is 0 Å². The minimum atomic E-state index is -0.173. The SMILES string of the molecule is CCOC(=O)Cn1c2c(c3cc(Br)ccc31)CNCC2. The first-order chi connectivity index (χ1) is 9.70. The van der Waals surface area contributed by atoms with Gasteiger partial charge in [-0.15, -0.1) is 0 Å². The van der Waals surface area contributed by atoms with E-state index in [4.69, 9.17) is 4.74 Å². The fraction of sp³-hybridized carbons (Fsp3) is 0.400. The third kappa shape index (κ3) is 2.36. The van der Waals surface area contributed by atoms with Crippen LogP contribution < -0.4 is 5.32 Å². The molecule has 0 spiro atoms. The average molecular weight is 337 g/mol. The van der Waals surface area contributed by atoms with Crippen molar-refractivity contribution >= 4 is 32.8 Å². The van der Waals surface area contributed by atoms with Crippen molar-refractivity contribution in [2.45, 2.75) is 26.4 Å².